The number of unbranched alkanes of at least 4 members (excludes halogenated alkanes) is 1. The molecule has 0 aliphatic rings. The molecule has 0 unspecified atom stereocenters. The second-order valence-corrected chi connectivity index (χ2v) is 5.83. The van der Waals surface area contributed by atoms with Gasteiger partial charge in [-0.2, -0.15) is 0 Å². The van der Waals surface area contributed by atoms with Crippen LogP contribution in [0.15, 0.2) is 22.7 Å². The van der Waals surface area contributed by atoms with E-state index >= 15 is 0 Å². The molecule has 122 valence electrons. The van der Waals surface area contributed by atoms with Gasteiger partial charge in [-0.3, -0.25) is 10.1 Å². The van der Waals surface area contributed by atoms with E-state index in [1.807, 2.05) is 6.07 Å². The fourth-order valence-corrected chi connectivity index (χ4v) is 3.04. The maximum Gasteiger partial charge on any atom is 0.246 e. The Balaban J connectivity index is 3.21. The average Bonchev–Trinajstić information content (AvgIpc) is 2.52. The summed E-state index contributed by atoms with van der Waals surface area (Å²) in [5.41, 5.74) is 0.805. The van der Waals surface area contributed by atoms with Crippen molar-refractivity contribution >= 4 is 17.8 Å². The normalized spacial score (nSPS) is 11.4. The molecule has 5 nitrogen and oxygen atoms in total. The topological polar surface area (TPSA) is 61.6 Å². The van der Waals surface area contributed by atoms with Crippen molar-refractivity contribution in [2.75, 3.05) is 20.0 Å². The highest BCUT2D eigenvalue weighted by molar-refractivity contribution is 7.99. The SMILES string of the molecule is CCCCSc1cc(OC)c(C=C(CC)[N+](=O)[O-])cc1OC. The molecule has 0 saturated heterocycles. The molecule has 1 aromatic carbocycles. The summed E-state index contributed by atoms with van der Waals surface area (Å²) in [7, 11) is 3.17. The van der Waals surface area contributed by atoms with Crippen LogP contribution in [0.3, 0.4) is 0 Å². The van der Waals surface area contributed by atoms with Crippen molar-refractivity contribution in [1.29, 1.82) is 0 Å². The minimum Gasteiger partial charge on any atom is -0.496 e. The van der Waals surface area contributed by atoms with E-state index in [0.717, 1.165) is 23.5 Å². The second kappa shape index (κ2) is 9.35. The zero-order valence-corrected chi connectivity index (χ0v) is 14.4. The third kappa shape index (κ3) is 4.94. The van der Waals surface area contributed by atoms with Crippen LogP contribution in [0.1, 0.15) is 38.7 Å². The molecule has 0 N–H and O–H groups in total. The number of methoxy groups -OCH3 is 2. The van der Waals surface area contributed by atoms with Crippen LogP contribution in [-0.4, -0.2) is 24.9 Å². The minimum atomic E-state index is -0.365. The molecule has 0 spiro atoms. The van der Waals surface area contributed by atoms with E-state index < -0.39 is 0 Å². The van der Waals surface area contributed by atoms with E-state index in [0.29, 0.717) is 23.5 Å². The molecule has 6 heteroatoms. The lowest BCUT2D eigenvalue weighted by Gasteiger charge is -2.13. The van der Waals surface area contributed by atoms with Gasteiger partial charge in [-0.1, -0.05) is 20.3 Å². The van der Waals surface area contributed by atoms with Crippen LogP contribution in [-0.2, 0) is 0 Å². The summed E-state index contributed by atoms with van der Waals surface area (Å²) < 4.78 is 10.8. The van der Waals surface area contributed by atoms with Gasteiger partial charge in [0.25, 0.3) is 0 Å². The zero-order valence-electron chi connectivity index (χ0n) is 13.5. The summed E-state index contributed by atoms with van der Waals surface area (Å²) in [6.07, 6.45) is 4.16. The first-order chi connectivity index (χ1) is 10.6. The summed E-state index contributed by atoms with van der Waals surface area (Å²) in [4.78, 5) is 11.6. The third-order valence-corrected chi connectivity index (χ3v) is 4.31. The fraction of sp³-hybridized carbons (Fsp3) is 0.500. The lowest BCUT2D eigenvalue weighted by atomic mass is 10.1. The lowest BCUT2D eigenvalue weighted by molar-refractivity contribution is -0.425. The maximum atomic E-state index is 11.0. The predicted molar refractivity (Wildman–Crippen MR) is 90.4 cm³/mol. The lowest BCUT2D eigenvalue weighted by Crippen LogP contribution is -1.98. The van der Waals surface area contributed by atoms with Crippen molar-refractivity contribution in [2.24, 2.45) is 0 Å². The Labute approximate surface area is 135 Å². The molecule has 0 amide bonds. The first kappa shape index (κ1) is 18.4. The minimum absolute atomic E-state index is 0.145. The van der Waals surface area contributed by atoms with E-state index in [2.05, 4.69) is 6.92 Å². The van der Waals surface area contributed by atoms with Crippen LogP contribution >= 0.6 is 11.8 Å². The molecule has 0 radical (unpaired) electrons. The number of nitrogens with zero attached hydrogens (tertiary/aromatic N) is 1. The first-order valence-corrected chi connectivity index (χ1v) is 8.29. The Bertz CT molecular complexity index is 543. The quantitative estimate of drug-likeness (QED) is 0.287. The predicted octanol–water partition coefficient (Wildman–Crippen LogP) is 4.62. The smallest absolute Gasteiger partial charge is 0.246 e. The summed E-state index contributed by atoms with van der Waals surface area (Å²) in [5.74, 6) is 2.33. The number of benzene rings is 1. The highest BCUT2D eigenvalue weighted by Gasteiger charge is 2.14. The molecule has 0 aromatic heterocycles. The van der Waals surface area contributed by atoms with E-state index in [1.54, 1.807) is 45.0 Å². The van der Waals surface area contributed by atoms with Crippen LogP contribution in [0.5, 0.6) is 11.5 Å². The van der Waals surface area contributed by atoms with Crippen molar-refractivity contribution in [3.05, 3.63) is 33.5 Å². The fourth-order valence-electron chi connectivity index (χ4n) is 1.91. The van der Waals surface area contributed by atoms with Crippen molar-refractivity contribution in [3.8, 4) is 11.5 Å². The van der Waals surface area contributed by atoms with Crippen molar-refractivity contribution in [2.45, 2.75) is 38.0 Å². The van der Waals surface area contributed by atoms with E-state index in [4.69, 9.17) is 9.47 Å². The summed E-state index contributed by atoms with van der Waals surface area (Å²) in [6, 6.07) is 3.69. The molecule has 0 saturated carbocycles. The van der Waals surface area contributed by atoms with Crippen LogP contribution in [0.4, 0.5) is 0 Å². The van der Waals surface area contributed by atoms with Gasteiger partial charge in [0.1, 0.15) is 11.5 Å². The number of nitro groups is 1. The summed E-state index contributed by atoms with van der Waals surface area (Å²) in [6.45, 7) is 3.91. The Morgan fingerprint density at radius 3 is 2.45 bits per heavy atom. The van der Waals surface area contributed by atoms with Crippen molar-refractivity contribution < 1.29 is 14.4 Å². The zero-order chi connectivity index (χ0) is 16.5. The molecule has 1 rings (SSSR count). The standard InChI is InChI=1S/C16H23NO4S/c1-5-7-8-22-16-11-14(20-3)12(10-15(16)21-4)9-13(6-2)17(18)19/h9-11H,5-8H2,1-4H3. The molecule has 0 heterocycles. The van der Waals surface area contributed by atoms with Gasteiger partial charge in [-0.05, 0) is 24.3 Å². The first-order valence-electron chi connectivity index (χ1n) is 7.31. The van der Waals surface area contributed by atoms with Gasteiger partial charge in [0.15, 0.2) is 0 Å². The average molecular weight is 325 g/mol. The molecular weight excluding hydrogens is 302 g/mol. The number of hydrogen-bond donors (Lipinski definition) is 0. The van der Waals surface area contributed by atoms with Crippen molar-refractivity contribution in [3.63, 3.8) is 0 Å². The van der Waals surface area contributed by atoms with Crippen LogP contribution in [0, 0.1) is 10.1 Å². The largest absolute Gasteiger partial charge is 0.496 e. The molecule has 0 aliphatic carbocycles. The Kier molecular flexibility index (Phi) is 7.80. The van der Waals surface area contributed by atoms with Gasteiger partial charge in [0.05, 0.1) is 24.0 Å². The third-order valence-electron chi connectivity index (χ3n) is 3.19. The number of rotatable bonds is 9. The van der Waals surface area contributed by atoms with E-state index in [1.165, 1.54) is 0 Å². The summed E-state index contributed by atoms with van der Waals surface area (Å²) >= 11 is 1.71. The van der Waals surface area contributed by atoms with Gasteiger partial charge in [-0.25, -0.2) is 0 Å². The van der Waals surface area contributed by atoms with Gasteiger partial charge in [-0.15, -0.1) is 11.8 Å². The molecule has 22 heavy (non-hydrogen) atoms. The monoisotopic (exact) mass is 325 g/mol. The number of ether oxygens (including phenoxy) is 2. The Morgan fingerprint density at radius 2 is 1.95 bits per heavy atom. The maximum absolute atomic E-state index is 11.0. The molecule has 0 aliphatic heterocycles. The Hall–Kier alpha value is -1.69. The van der Waals surface area contributed by atoms with Gasteiger partial charge >= 0.3 is 0 Å². The van der Waals surface area contributed by atoms with E-state index in [-0.39, 0.29) is 10.6 Å². The molecule has 1 aromatic rings. The molecule has 0 bridgehead atoms. The van der Waals surface area contributed by atoms with Crippen molar-refractivity contribution in [1.82, 2.24) is 0 Å². The number of thioether (sulfide) groups is 1. The summed E-state index contributed by atoms with van der Waals surface area (Å²) in [5, 5.41) is 11.0. The molecular formula is C16H23NO4S. The van der Waals surface area contributed by atoms with Crippen LogP contribution < -0.4 is 9.47 Å². The number of allylic oxidation sites excluding steroid dienone is 1. The van der Waals surface area contributed by atoms with Gasteiger partial charge in [0.2, 0.25) is 5.70 Å². The van der Waals surface area contributed by atoms with Gasteiger partial charge < -0.3 is 9.47 Å². The number of hydrogen-bond acceptors (Lipinski definition) is 5. The molecule has 0 fully saturated rings. The van der Waals surface area contributed by atoms with Gasteiger partial charge in [0, 0.05) is 18.1 Å². The van der Waals surface area contributed by atoms with Crippen LogP contribution in [0.2, 0.25) is 0 Å². The Morgan fingerprint density at radius 1 is 1.27 bits per heavy atom. The van der Waals surface area contributed by atoms with Crippen LogP contribution in [0.25, 0.3) is 6.08 Å². The highest BCUT2D eigenvalue weighted by Crippen LogP contribution is 2.37. The highest BCUT2D eigenvalue weighted by atomic mass is 32.2. The second-order valence-electron chi connectivity index (χ2n) is 4.69. The molecule has 0 atom stereocenters. The van der Waals surface area contributed by atoms with E-state index in [9.17, 15) is 10.1 Å².